The average molecular weight is 556 g/mol. The van der Waals surface area contributed by atoms with Crippen LogP contribution < -0.4 is 19.7 Å². The molecule has 0 atom stereocenters. The van der Waals surface area contributed by atoms with Crippen LogP contribution in [0.25, 0.3) is 27.9 Å². The van der Waals surface area contributed by atoms with E-state index in [9.17, 15) is 0 Å². The monoisotopic (exact) mass is 555 g/mol. The Morgan fingerprint density at radius 3 is 2.41 bits per heavy atom. The number of aromatic amines is 1. The third-order valence-electron chi connectivity index (χ3n) is 8.28. The molecule has 5 aromatic heterocycles. The summed E-state index contributed by atoms with van der Waals surface area (Å²) in [7, 11) is 3.23. The van der Waals surface area contributed by atoms with Gasteiger partial charge in [-0.3, -0.25) is 0 Å². The van der Waals surface area contributed by atoms with E-state index in [4.69, 9.17) is 14.5 Å². The number of aromatic nitrogens is 7. The smallest absolute Gasteiger partial charge is 0.224 e. The minimum absolute atomic E-state index is 0.290. The van der Waals surface area contributed by atoms with E-state index in [1.54, 1.807) is 20.5 Å². The predicted molar refractivity (Wildman–Crippen MR) is 159 cm³/mol. The second-order valence-corrected chi connectivity index (χ2v) is 11.0. The van der Waals surface area contributed by atoms with E-state index in [-0.39, 0.29) is 0 Å². The van der Waals surface area contributed by atoms with Crippen LogP contribution in [0.3, 0.4) is 0 Å². The summed E-state index contributed by atoms with van der Waals surface area (Å²) in [6.45, 7) is 11.2. The van der Waals surface area contributed by atoms with Crippen molar-refractivity contribution in [1.29, 1.82) is 0 Å². The van der Waals surface area contributed by atoms with Gasteiger partial charge >= 0.3 is 0 Å². The molecule has 0 radical (unpaired) electrons. The van der Waals surface area contributed by atoms with E-state index >= 15 is 0 Å². The molecule has 1 aliphatic heterocycles. The lowest BCUT2D eigenvalue weighted by molar-refractivity contribution is 0.350. The number of piperidine rings is 1. The fourth-order valence-corrected chi connectivity index (χ4v) is 5.92. The van der Waals surface area contributed by atoms with Crippen LogP contribution in [0, 0.1) is 13.8 Å². The molecular weight excluding hydrogens is 518 g/mol. The first-order chi connectivity index (χ1) is 19.9. The molecule has 1 saturated heterocycles. The fraction of sp³-hybridized carbons (Fsp3) is 0.433. The molecule has 1 aliphatic rings. The van der Waals surface area contributed by atoms with Gasteiger partial charge in [0.05, 0.1) is 36.5 Å². The summed E-state index contributed by atoms with van der Waals surface area (Å²) in [4.78, 5) is 24.2. The first-order valence-electron chi connectivity index (χ1n) is 14.1. The molecule has 11 nitrogen and oxygen atoms in total. The van der Waals surface area contributed by atoms with E-state index in [1.165, 1.54) is 17.5 Å². The summed E-state index contributed by atoms with van der Waals surface area (Å²) in [5.41, 5.74) is 9.62. The highest BCUT2D eigenvalue weighted by Crippen LogP contribution is 2.38. The van der Waals surface area contributed by atoms with Crippen LogP contribution in [0.5, 0.6) is 11.8 Å². The zero-order valence-corrected chi connectivity index (χ0v) is 24.5. The SMILES string of the molecule is COc1ncnc(OC)c1CNC1CCN(c2ccc3[nH]c(-c4cn5ncnc5c(C)c4C)c(C(C)C)c3n2)CC1. The predicted octanol–water partition coefficient (Wildman–Crippen LogP) is 4.58. The normalized spacial score (nSPS) is 14.5. The second-order valence-electron chi connectivity index (χ2n) is 11.0. The Balaban J connectivity index is 1.23. The van der Waals surface area contributed by atoms with Crippen LogP contribution in [-0.2, 0) is 6.54 Å². The van der Waals surface area contributed by atoms with Gasteiger partial charge in [0.2, 0.25) is 11.8 Å². The first-order valence-corrected chi connectivity index (χ1v) is 14.1. The zero-order valence-electron chi connectivity index (χ0n) is 24.5. The van der Waals surface area contributed by atoms with Gasteiger partial charge in [-0.1, -0.05) is 13.8 Å². The van der Waals surface area contributed by atoms with Gasteiger partial charge in [0.15, 0.2) is 5.65 Å². The molecule has 0 aliphatic carbocycles. The van der Waals surface area contributed by atoms with Crippen LogP contribution in [-0.4, -0.2) is 67.9 Å². The molecule has 6 heterocycles. The molecule has 0 aromatic carbocycles. The quantitative estimate of drug-likeness (QED) is 0.284. The lowest BCUT2D eigenvalue weighted by Gasteiger charge is -2.33. The van der Waals surface area contributed by atoms with Crippen molar-refractivity contribution in [2.75, 3.05) is 32.2 Å². The molecule has 0 unspecified atom stereocenters. The number of methoxy groups -OCH3 is 2. The average Bonchev–Trinajstić information content (AvgIpc) is 3.62. The maximum Gasteiger partial charge on any atom is 0.224 e. The Morgan fingerprint density at radius 2 is 1.73 bits per heavy atom. The molecular formula is C30H37N9O2. The molecule has 6 rings (SSSR count). The number of rotatable bonds is 8. The van der Waals surface area contributed by atoms with Gasteiger partial charge in [-0.05, 0) is 55.9 Å². The highest BCUT2D eigenvalue weighted by Gasteiger charge is 2.24. The number of ether oxygens (including phenoxy) is 2. The standard InChI is InChI=1S/C30H37N9O2/c1-17(2)25-26(22-14-39-28(32-16-35-39)19(4)18(22)3)36-23-7-8-24(37-27(23)25)38-11-9-20(10-12-38)31-13-21-29(40-5)33-15-34-30(21)41-6/h7-8,14-17,20,31,36H,9-13H2,1-6H3. The number of anilines is 1. The van der Waals surface area contributed by atoms with E-state index in [0.717, 1.165) is 70.8 Å². The number of hydrogen-bond acceptors (Lipinski definition) is 9. The van der Waals surface area contributed by atoms with Crippen LogP contribution >= 0.6 is 0 Å². The minimum Gasteiger partial charge on any atom is -0.481 e. The zero-order chi connectivity index (χ0) is 28.7. The van der Waals surface area contributed by atoms with Crippen molar-refractivity contribution in [3.8, 4) is 23.0 Å². The number of nitrogens with one attached hydrogen (secondary N) is 2. The third-order valence-corrected chi connectivity index (χ3v) is 8.28. The number of H-pyrrole nitrogens is 1. The van der Waals surface area contributed by atoms with Crippen molar-refractivity contribution in [2.45, 2.75) is 59.0 Å². The largest absolute Gasteiger partial charge is 0.481 e. The lowest BCUT2D eigenvalue weighted by atomic mass is 9.95. The highest BCUT2D eigenvalue weighted by molar-refractivity contribution is 5.90. The maximum absolute atomic E-state index is 5.42. The van der Waals surface area contributed by atoms with Gasteiger partial charge in [-0.15, -0.1) is 0 Å². The van der Waals surface area contributed by atoms with Crippen molar-refractivity contribution in [3.63, 3.8) is 0 Å². The second kappa shape index (κ2) is 11.0. The summed E-state index contributed by atoms with van der Waals surface area (Å²) < 4.78 is 12.7. The summed E-state index contributed by atoms with van der Waals surface area (Å²) >= 11 is 0. The van der Waals surface area contributed by atoms with Crippen molar-refractivity contribution in [1.82, 2.24) is 39.9 Å². The van der Waals surface area contributed by atoms with Gasteiger partial charge in [0, 0.05) is 43.0 Å². The van der Waals surface area contributed by atoms with E-state index in [2.05, 4.69) is 81.3 Å². The Kier molecular flexibility index (Phi) is 7.21. The van der Waals surface area contributed by atoms with Crippen LogP contribution in [0.1, 0.15) is 54.9 Å². The van der Waals surface area contributed by atoms with Gasteiger partial charge in [-0.25, -0.2) is 24.5 Å². The molecule has 0 saturated carbocycles. The molecule has 0 spiro atoms. The molecule has 2 N–H and O–H groups in total. The maximum atomic E-state index is 5.42. The highest BCUT2D eigenvalue weighted by atomic mass is 16.5. The number of hydrogen-bond donors (Lipinski definition) is 2. The van der Waals surface area contributed by atoms with Gasteiger partial charge in [-0.2, -0.15) is 5.10 Å². The Hall–Kier alpha value is -4.25. The Labute approximate surface area is 239 Å². The number of nitrogens with zero attached hydrogens (tertiary/aromatic N) is 7. The molecule has 11 heteroatoms. The number of aryl methyl sites for hydroxylation is 1. The van der Waals surface area contributed by atoms with Crippen LogP contribution in [0.4, 0.5) is 5.82 Å². The molecule has 41 heavy (non-hydrogen) atoms. The topological polar surface area (TPSA) is 118 Å². The van der Waals surface area contributed by atoms with Crippen molar-refractivity contribution < 1.29 is 9.47 Å². The fourth-order valence-electron chi connectivity index (χ4n) is 5.92. The van der Waals surface area contributed by atoms with E-state index in [1.807, 2.05) is 4.52 Å². The lowest BCUT2D eigenvalue weighted by Crippen LogP contribution is -2.42. The Bertz CT molecular complexity index is 1680. The minimum atomic E-state index is 0.290. The van der Waals surface area contributed by atoms with Gasteiger partial charge in [0.1, 0.15) is 18.5 Å². The molecule has 0 bridgehead atoms. The van der Waals surface area contributed by atoms with Crippen molar-refractivity contribution in [2.24, 2.45) is 0 Å². The summed E-state index contributed by atoms with van der Waals surface area (Å²) in [6.07, 6.45) is 7.15. The summed E-state index contributed by atoms with van der Waals surface area (Å²) in [5.74, 6) is 2.39. The molecule has 1 fully saturated rings. The van der Waals surface area contributed by atoms with Crippen molar-refractivity contribution in [3.05, 3.63) is 53.2 Å². The van der Waals surface area contributed by atoms with Crippen LogP contribution in [0.15, 0.2) is 31.0 Å². The van der Waals surface area contributed by atoms with E-state index in [0.29, 0.717) is 30.3 Å². The van der Waals surface area contributed by atoms with Crippen molar-refractivity contribution >= 4 is 22.5 Å². The van der Waals surface area contributed by atoms with Gasteiger partial charge in [0.25, 0.3) is 0 Å². The summed E-state index contributed by atoms with van der Waals surface area (Å²) in [6, 6.07) is 4.67. The molecule has 0 amide bonds. The van der Waals surface area contributed by atoms with Gasteiger partial charge < -0.3 is 24.7 Å². The van der Waals surface area contributed by atoms with Crippen LogP contribution in [0.2, 0.25) is 0 Å². The molecule has 5 aromatic rings. The number of pyridine rings is 2. The third kappa shape index (κ3) is 4.84. The molecule has 214 valence electrons. The Morgan fingerprint density at radius 1 is 1.00 bits per heavy atom. The first kappa shape index (κ1) is 26.9. The number of fused-ring (bicyclic) bond motifs is 2. The summed E-state index contributed by atoms with van der Waals surface area (Å²) in [5, 5.41) is 8.06. The van der Waals surface area contributed by atoms with E-state index < -0.39 is 0 Å².